The van der Waals surface area contributed by atoms with E-state index in [4.69, 9.17) is 11.5 Å². The lowest BCUT2D eigenvalue weighted by Crippen LogP contribution is -2.33. The second kappa shape index (κ2) is 5.37. The van der Waals surface area contributed by atoms with E-state index >= 15 is 0 Å². The fourth-order valence-electron chi connectivity index (χ4n) is 3.03. The number of hydrogen-bond acceptors (Lipinski definition) is 5. The van der Waals surface area contributed by atoms with Crippen LogP contribution in [0.4, 0.5) is 11.4 Å². The van der Waals surface area contributed by atoms with Crippen LogP contribution in [0.25, 0.3) is 0 Å². The van der Waals surface area contributed by atoms with Crippen molar-refractivity contribution in [2.24, 2.45) is 0 Å². The molecule has 0 spiro atoms. The van der Waals surface area contributed by atoms with Crippen LogP contribution in [0.1, 0.15) is 40.0 Å². The summed E-state index contributed by atoms with van der Waals surface area (Å²) >= 11 is 0. The van der Waals surface area contributed by atoms with Crippen molar-refractivity contribution in [3.05, 3.63) is 23.3 Å². The lowest BCUT2D eigenvalue weighted by Gasteiger charge is -2.17. The maximum absolute atomic E-state index is 12.3. The van der Waals surface area contributed by atoms with Crippen LogP contribution in [-0.2, 0) is 0 Å². The van der Waals surface area contributed by atoms with Gasteiger partial charge in [0, 0.05) is 6.54 Å². The van der Waals surface area contributed by atoms with Crippen LogP contribution in [0.3, 0.4) is 0 Å². The second-order valence-electron chi connectivity index (χ2n) is 5.69. The van der Waals surface area contributed by atoms with Gasteiger partial charge in [0.15, 0.2) is 0 Å². The van der Waals surface area contributed by atoms with Gasteiger partial charge in [-0.05, 0) is 51.0 Å². The molecular formula is C15H20N4O2. The molecule has 1 aromatic carbocycles. The zero-order valence-corrected chi connectivity index (χ0v) is 12.0. The monoisotopic (exact) mass is 288 g/mol. The predicted molar refractivity (Wildman–Crippen MR) is 80.9 cm³/mol. The highest BCUT2D eigenvalue weighted by Crippen LogP contribution is 2.28. The third kappa shape index (κ3) is 2.47. The summed E-state index contributed by atoms with van der Waals surface area (Å²) in [7, 11) is 0. The van der Waals surface area contributed by atoms with E-state index in [-0.39, 0.29) is 11.8 Å². The first-order chi connectivity index (χ1) is 10.1. The van der Waals surface area contributed by atoms with Gasteiger partial charge in [0.1, 0.15) is 0 Å². The summed E-state index contributed by atoms with van der Waals surface area (Å²) in [4.78, 5) is 28.3. The van der Waals surface area contributed by atoms with Crippen molar-refractivity contribution in [2.75, 3.05) is 37.6 Å². The Hall–Kier alpha value is -2.08. The van der Waals surface area contributed by atoms with E-state index in [2.05, 4.69) is 4.90 Å². The lowest BCUT2D eigenvalue weighted by molar-refractivity contribution is 0.0648. The molecule has 0 bridgehead atoms. The van der Waals surface area contributed by atoms with Crippen LogP contribution < -0.4 is 11.5 Å². The number of hydrogen-bond donors (Lipinski definition) is 2. The van der Waals surface area contributed by atoms with E-state index in [0.29, 0.717) is 29.0 Å². The molecule has 3 rings (SSSR count). The molecule has 0 aromatic heterocycles. The second-order valence-corrected chi connectivity index (χ2v) is 5.69. The lowest BCUT2D eigenvalue weighted by atomic mass is 10.1. The Morgan fingerprint density at radius 3 is 1.95 bits per heavy atom. The fraction of sp³-hybridized carbons (Fsp3) is 0.467. The molecule has 0 atom stereocenters. The highest BCUT2D eigenvalue weighted by atomic mass is 16.2. The third-order valence-corrected chi connectivity index (χ3v) is 4.23. The highest BCUT2D eigenvalue weighted by Gasteiger charge is 2.35. The first-order valence-electron chi connectivity index (χ1n) is 7.35. The number of likely N-dealkylation sites (tertiary alicyclic amines) is 1. The SMILES string of the molecule is Nc1cc2c(cc1N)C(=O)N(CCCN1CCCC1)C2=O. The number of fused-ring (bicyclic) bond motifs is 1. The number of benzene rings is 1. The third-order valence-electron chi connectivity index (χ3n) is 4.23. The Morgan fingerprint density at radius 2 is 1.43 bits per heavy atom. The van der Waals surface area contributed by atoms with Crippen LogP contribution in [0.5, 0.6) is 0 Å². The summed E-state index contributed by atoms with van der Waals surface area (Å²) in [5.74, 6) is -0.522. The number of nitrogens with two attached hydrogens (primary N) is 2. The summed E-state index contributed by atoms with van der Waals surface area (Å²) in [5.41, 5.74) is 12.9. The zero-order valence-electron chi connectivity index (χ0n) is 12.0. The number of nitrogen functional groups attached to an aromatic ring is 2. The average molecular weight is 288 g/mol. The minimum atomic E-state index is -0.261. The van der Waals surface area contributed by atoms with Gasteiger partial charge in [-0.3, -0.25) is 14.5 Å². The van der Waals surface area contributed by atoms with Gasteiger partial charge >= 0.3 is 0 Å². The number of anilines is 2. The Balaban J connectivity index is 1.68. The topological polar surface area (TPSA) is 92.7 Å². The standard InChI is InChI=1S/C15H20N4O2/c16-12-8-10-11(9-13(12)17)15(21)19(14(10)20)7-3-6-18-4-1-2-5-18/h8-9H,1-7,16-17H2. The molecule has 112 valence electrons. The molecule has 2 amide bonds. The van der Waals surface area contributed by atoms with Crippen molar-refractivity contribution >= 4 is 23.2 Å². The number of amides is 2. The van der Waals surface area contributed by atoms with Gasteiger partial charge in [-0.1, -0.05) is 0 Å². The summed E-state index contributed by atoms with van der Waals surface area (Å²) in [6.45, 7) is 3.62. The Kier molecular flexibility index (Phi) is 3.55. The van der Waals surface area contributed by atoms with Gasteiger partial charge in [0.25, 0.3) is 11.8 Å². The quantitative estimate of drug-likeness (QED) is 0.635. The minimum absolute atomic E-state index is 0.261. The number of imide groups is 1. The van der Waals surface area contributed by atoms with Crippen molar-refractivity contribution in [1.82, 2.24) is 9.80 Å². The van der Waals surface area contributed by atoms with Crippen molar-refractivity contribution in [3.8, 4) is 0 Å². The molecule has 1 aromatic rings. The van der Waals surface area contributed by atoms with Gasteiger partial charge in [0.05, 0.1) is 22.5 Å². The molecule has 4 N–H and O–H groups in total. The van der Waals surface area contributed by atoms with Crippen LogP contribution in [0.15, 0.2) is 12.1 Å². The molecular weight excluding hydrogens is 268 g/mol. The summed E-state index contributed by atoms with van der Waals surface area (Å²) in [6, 6.07) is 3.01. The molecule has 6 nitrogen and oxygen atoms in total. The largest absolute Gasteiger partial charge is 0.397 e. The van der Waals surface area contributed by atoms with Crippen molar-refractivity contribution in [1.29, 1.82) is 0 Å². The van der Waals surface area contributed by atoms with Crippen LogP contribution in [0.2, 0.25) is 0 Å². The van der Waals surface area contributed by atoms with E-state index < -0.39 is 0 Å². The molecule has 0 unspecified atom stereocenters. The maximum atomic E-state index is 12.3. The molecule has 1 saturated heterocycles. The summed E-state index contributed by atoms with van der Waals surface area (Å²) < 4.78 is 0. The first kappa shape index (κ1) is 13.9. The van der Waals surface area contributed by atoms with Gasteiger partial charge in [0.2, 0.25) is 0 Å². The predicted octanol–water partition coefficient (Wildman–Crippen LogP) is 0.933. The normalized spacial score (nSPS) is 18.6. The maximum Gasteiger partial charge on any atom is 0.261 e. The number of carbonyl (C=O) groups excluding carboxylic acids is 2. The van der Waals surface area contributed by atoms with Crippen LogP contribution in [-0.4, -0.2) is 47.8 Å². The van der Waals surface area contributed by atoms with E-state index in [9.17, 15) is 9.59 Å². The Labute approximate surface area is 123 Å². The average Bonchev–Trinajstić information content (AvgIpc) is 3.04. The summed E-state index contributed by atoms with van der Waals surface area (Å²) in [5, 5.41) is 0. The molecule has 1 fully saturated rings. The molecule has 2 heterocycles. The smallest absolute Gasteiger partial charge is 0.261 e. The number of rotatable bonds is 4. The van der Waals surface area contributed by atoms with Crippen molar-refractivity contribution < 1.29 is 9.59 Å². The van der Waals surface area contributed by atoms with Gasteiger partial charge in [-0.2, -0.15) is 0 Å². The molecule has 2 aliphatic heterocycles. The Bertz CT molecular complexity index is 553. The molecule has 21 heavy (non-hydrogen) atoms. The van der Waals surface area contributed by atoms with Gasteiger partial charge in [-0.25, -0.2) is 0 Å². The first-order valence-corrected chi connectivity index (χ1v) is 7.35. The van der Waals surface area contributed by atoms with Gasteiger partial charge < -0.3 is 16.4 Å². The van der Waals surface area contributed by atoms with Crippen LogP contribution >= 0.6 is 0 Å². The van der Waals surface area contributed by atoms with Gasteiger partial charge in [-0.15, -0.1) is 0 Å². The number of carbonyl (C=O) groups is 2. The van der Waals surface area contributed by atoms with Crippen LogP contribution in [0, 0.1) is 0 Å². The molecule has 0 aliphatic carbocycles. The molecule has 2 aliphatic rings. The fourth-order valence-corrected chi connectivity index (χ4v) is 3.03. The van der Waals surface area contributed by atoms with E-state index in [1.165, 1.54) is 29.9 Å². The summed E-state index contributed by atoms with van der Waals surface area (Å²) in [6.07, 6.45) is 3.29. The van der Waals surface area contributed by atoms with E-state index in [1.807, 2.05) is 0 Å². The van der Waals surface area contributed by atoms with E-state index in [1.54, 1.807) is 0 Å². The van der Waals surface area contributed by atoms with Crippen molar-refractivity contribution in [3.63, 3.8) is 0 Å². The highest BCUT2D eigenvalue weighted by molar-refractivity contribution is 6.22. The zero-order chi connectivity index (χ0) is 15.0. The molecule has 0 saturated carbocycles. The minimum Gasteiger partial charge on any atom is -0.397 e. The number of nitrogens with zero attached hydrogens (tertiary/aromatic N) is 2. The Morgan fingerprint density at radius 1 is 0.905 bits per heavy atom. The molecule has 6 heteroatoms. The van der Waals surface area contributed by atoms with Crippen molar-refractivity contribution in [2.45, 2.75) is 19.3 Å². The van der Waals surface area contributed by atoms with E-state index in [0.717, 1.165) is 26.1 Å². The molecule has 0 radical (unpaired) electrons.